The fourth-order valence-corrected chi connectivity index (χ4v) is 2.01. The van der Waals surface area contributed by atoms with Gasteiger partial charge in [-0.3, -0.25) is 0 Å². The van der Waals surface area contributed by atoms with E-state index >= 15 is 0 Å². The summed E-state index contributed by atoms with van der Waals surface area (Å²) in [5.41, 5.74) is 0. The van der Waals surface area contributed by atoms with Crippen molar-refractivity contribution < 1.29 is 0 Å². The van der Waals surface area contributed by atoms with Crippen molar-refractivity contribution >= 4 is 0 Å². The summed E-state index contributed by atoms with van der Waals surface area (Å²) < 4.78 is 0. The molecule has 0 amide bonds. The van der Waals surface area contributed by atoms with Gasteiger partial charge in [-0.05, 0) is 18.9 Å². The summed E-state index contributed by atoms with van der Waals surface area (Å²) in [4.78, 5) is 0. The van der Waals surface area contributed by atoms with Gasteiger partial charge in [-0.25, -0.2) is 0 Å². The van der Waals surface area contributed by atoms with Crippen LogP contribution in [0.25, 0.3) is 0 Å². The Morgan fingerprint density at radius 2 is 1.39 bits per heavy atom. The van der Waals surface area contributed by atoms with Crippen molar-refractivity contribution in [3.63, 3.8) is 0 Å². The highest BCUT2D eigenvalue weighted by molar-refractivity contribution is 5.03. The quantitative estimate of drug-likeness (QED) is 0.261. The minimum absolute atomic E-state index is 1.16. The lowest BCUT2D eigenvalue weighted by Gasteiger charge is -2.01. The van der Waals surface area contributed by atoms with Gasteiger partial charge >= 0.3 is 0 Å². The highest BCUT2D eigenvalue weighted by atomic mass is 14.0. The van der Waals surface area contributed by atoms with Gasteiger partial charge in [0.05, 0.1) is 0 Å². The maximum absolute atomic E-state index is 3.62. The number of rotatable bonds is 13. The Hall–Kier alpha value is -0.780. The molecule has 0 aromatic rings. The van der Waals surface area contributed by atoms with E-state index in [2.05, 4.69) is 25.7 Å². The molecule has 0 heterocycles. The molecular formula is C18H31. The Bertz CT molecular complexity index is 210. The smallest absolute Gasteiger partial charge is 0.0227 e. The fraction of sp³-hybridized carbons (Fsp3) is 0.667. The molecule has 0 atom stereocenters. The van der Waals surface area contributed by atoms with Crippen molar-refractivity contribution in [3.8, 4) is 0 Å². The lowest BCUT2D eigenvalue weighted by atomic mass is 10.1. The van der Waals surface area contributed by atoms with E-state index in [0.29, 0.717) is 0 Å². The third-order valence-electron chi connectivity index (χ3n) is 3.15. The van der Waals surface area contributed by atoms with Crippen LogP contribution >= 0.6 is 0 Å². The second-order valence-corrected chi connectivity index (χ2v) is 4.94. The van der Waals surface area contributed by atoms with Crippen LogP contribution in [0.3, 0.4) is 0 Å². The fourth-order valence-electron chi connectivity index (χ4n) is 2.01. The molecule has 0 spiro atoms. The second kappa shape index (κ2) is 16.2. The van der Waals surface area contributed by atoms with E-state index < -0.39 is 0 Å². The molecule has 0 saturated carbocycles. The second-order valence-electron chi connectivity index (χ2n) is 4.94. The van der Waals surface area contributed by atoms with Crippen molar-refractivity contribution in [1.82, 2.24) is 0 Å². The van der Waals surface area contributed by atoms with Gasteiger partial charge in [0.15, 0.2) is 0 Å². The van der Waals surface area contributed by atoms with E-state index in [-0.39, 0.29) is 0 Å². The molecule has 103 valence electrons. The van der Waals surface area contributed by atoms with Crippen LogP contribution in [-0.4, -0.2) is 0 Å². The SMILES string of the molecule is C=CC=C/[C]=C/CCCCCCCCCCCC. The van der Waals surface area contributed by atoms with Gasteiger partial charge in [0.2, 0.25) is 0 Å². The van der Waals surface area contributed by atoms with Gasteiger partial charge in [0, 0.05) is 0 Å². The van der Waals surface area contributed by atoms with Gasteiger partial charge in [-0.15, -0.1) is 0 Å². The number of hydrogen-bond donors (Lipinski definition) is 0. The summed E-state index contributed by atoms with van der Waals surface area (Å²) in [5.74, 6) is 0. The lowest BCUT2D eigenvalue weighted by molar-refractivity contribution is 0.557. The van der Waals surface area contributed by atoms with Crippen molar-refractivity contribution in [3.05, 3.63) is 37.0 Å². The maximum Gasteiger partial charge on any atom is -0.0227 e. The third-order valence-corrected chi connectivity index (χ3v) is 3.15. The average molecular weight is 247 g/mol. The van der Waals surface area contributed by atoms with Crippen LogP contribution in [-0.2, 0) is 0 Å². The average Bonchev–Trinajstić information content (AvgIpc) is 2.39. The number of hydrogen-bond acceptors (Lipinski definition) is 0. The zero-order valence-corrected chi connectivity index (χ0v) is 12.3. The zero-order valence-electron chi connectivity index (χ0n) is 12.3. The van der Waals surface area contributed by atoms with Crippen LogP contribution in [0, 0.1) is 6.08 Å². The summed E-state index contributed by atoms with van der Waals surface area (Å²) >= 11 is 0. The van der Waals surface area contributed by atoms with Gasteiger partial charge in [-0.2, -0.15) is 0 Å². The van der Waals surface area contributed by atoms with Gasteiger partial charge in [0.1, 0.15) is 0 Å². The van der Waals surface area contributed by atoms with Crippen molar-refractivity contribution in [2.24, 2.45) is 0 Å². The first-order chi connectivity index (χ1) is 8.91. The normalized spacial score (nSPS) is 11.6. The molecule has 18 heavy (non-hydrogen) atoms. The Morgan fingerprint density at radius 1 is 0.833 bits per heavy atom. The van der Waals surface area contributed by atoms with E-state index in [1.165, 1.54) is 64.2 Å². The van der Waals surface area contributed by atoms with E-state index in [4.69, 9.17) is 0 Å². The molecule has 0 saturated heterocycles. The summed E-state index contributed by atoms with van der Waals surface area (Å²) in [7, 11) is 0. The van der Waals surface area contributed by atoms with Crippen LogP contribution in [0.15, 0.2) is 30.9 Å². The van der Waals surface area contributed by atoms with Crippen LogP contribution < -0.4 is 0 Å². The number of unbranched alkanes of at least 4 members (excludes halogenated alkanes) is 10. The predicted molar refractivity (Wildman–Crippen MR) is 83.6 cm³/mol. The molecule has 0 heteroatoms. The molecule has 0 aliphatic rings. The summed E-state index contributed by atoms with van der Waals surface area (Å²) in [5, 5.41) is 0. The topological polar surface area (TPSA) is 0 Å². The molecule has 0 bridgehead atoms. The van der Waals surface area contributed by atoms with E-state index in [1.54, 1.807) is 6.08 Å². The highest BCUT2D eigenvalue weighted by Crippen LogP contribution is 2.11. The van der Waals surface area contributed by atoms with Gasteiger partial charge in [-0.1, -0.05) is 95.6 Å². The molecule has 0 rings (SSSR count). The van der Waals surface area contributed by atoms with Crippen molar-refractivity contribution in [2.75, 3.05) is 0 Å². The van der Waals surface area contributed by atoms with E-state index in [1.807, 2.05) is 12.2 Å². The monoisotopic (exact) mass is 247 g/mol. The molecule has 0 aliphatic carbocycles. The van der Waals surface area contributed by atoms with Crippen molar-refractivity contribution in [2.45, 2.75) is 77.6 Å². The standard InChI is InChI=1S/C18H31/c1-3-5-7-9-11-13-15-17-18-16-14-12-10-8-6-4-2/h3,5,7,11H,1,4,6,8,10,12-18H2,2H3. The first kappa shape index (κ1) is 17.2. The molecule has 0 nitrogen and oxygen atoms in total. The van der Waals surface area contributed by atoms with Crippen LogP contribution in [0.2, 0.25) is 0 Å². The van der Waals surface area contributed by atoms with Crippen LogP contribution in [0.5, 0.6) is 0 Å². The molecule has 0 N–H and O–H groups in total. The largest absolute Gasteiger partial charge is 0.0991 e. The Balaban J connectivity index is 3.05. The molecule has 0 unspecified atom stereocenters. The predicted octanol–water partition coefficient (Wildman–Crippen LogP) is 6.40. The molecule has 0 fully saturated rings. The molecular weight excluding hydrogens is 216 g/mol. The molecule has 1 radical (unpaired) electrons. The van der Waals surface area contributed by atoms with E-state index in [0.717, 1.165) is 6.42 Å². The van der Waals surface area contributed by atoms with Crippen LogP contribution in [0.1, 0.15) is 77.6 Å². The third kappa shape index (κ3) is 15.2. The zero-order chi connectivity index (χ0) is 13.3. The van der Waals surface area contributed by atoms with Crippen LogP contribution in [0.4, 0.5) is 0 Å². The van der Waals surface area contributed by atoms with Gasteiger partial charge in [0.25, 0.3) is 0 Å². The Labute approximate surface area is 115 Å². The molecule has 0 aromatic heterocycles. The minimum atomic E-state index is 1.16. The summed E-state index contributed by atoms with van der Waals surface area (Å²) in [6.07, 6.45) is 26.1. The molecule has 0 aliphatic heterocycles. The van der Waals surface area contributed by atoms with E-state index in [9.17, 15) is 0 Å². The molecule has 0 aromatic carbocycles. The first-order valence-electron chi connectivity index (χ1n) is 7.77. The lowest BCUT2D eigenvalue weighted by Crippen LogP contribution is -1.81. The Morgan fingerprint density at radius 3 is 1.94 bits per heavy atom. The van der Waals surface area contributed by atoms with Crippen molar-refractivity contribution in [1.29, 1.82) is 0 Å². The first-order valence-corrected chi connectivity index (χ1v) is 7.77. The van der Waals surface area contributed by atoms with Gasteiger partial charge < -0.3 is 0 Å². The maximum atomic E-state index is 3.62. The summed E-state index contributed by atoms with van der Waals surface area (Å²) in [6, 6.07) is 0. The Kier molecular flexibility index (Phi) is 15.5. The number of allylic oxidation sites excluding steroid dienone is 5. The highest BCUT2D eigenvalue weighted by Gasteiger charge is 1.91. The minimum Gasteiger partial charge on any atom is -0.0991 e. The summed E-state index contributed by atoms with van der Waals surface area (Å²) in [6.45, 7) is 5.90.